The van der Waals surface area contributed by atoms with Crippen LogP contribution in [0.25, 0.3) is 0 Å². The van der Waals surface area contributed by atoms with Gasteiger partial charge in [0.15, 0.2) is 0 Å². The zero-order valence-electron chi connectivity index (χ0n) is 6.65. The topological polar surface area (TPSA) is 58.3 Å². The van der Waals surface area contributed by atoms with Crippen molar-refractivity contribution < 1.29 is 10.0 Å². The third-order valence-electron chi connectivity index (χ3n) is 1.72. The number of hydrogen-bond donors (Lipinski definition) is 2. The predicted molar refractivity (Wildman–Crippen MR) is 42.5 cm³/mol. The minimum atomic E-state index is -1.41. The van der Waals surface area contributed by atoms with Crippen molar-refractivity contribution in [1.82, 2.24) is 9.78 Å². The highest BCUT2D eigenvalue weighted by Crippen LogP contribution is 1.93. The number of aryl methyl sites for hydroxylation is 1. The first kappa shape index (κ1) is 8.29. The minimum absolute atomic E-state index is 0.479. The van der Waals surface area contributed by atoms with Gasteiger partial charge in [-0.2, -0.15) is 5.10 Å². The first-order valence-electron chi connectivity index (χ1n) is 3.55. The first-order chi connectivity index (χ1) is 5.16. The molecule has 2 N–H and O–H groups in total. The third-order valence-corrected chi connectivity index (χ3v) is 1.72. The van der Waals surface area contributed by atoms with Crippen LogP contribution in [0.15, 0.2) is 6.20 Å². The van der Waals surface area contributed by atoms with Gasteiger partial charge in [0.1, 0.15) is 0 Å². The molecule has 0 radical (unpaired) electrons. The van der Waals surface area contributed by atoms with Crippen molar-refractivity contribution in [2.45, 2.75) is 20.4 Å². The summed E-state index contributed by atoms with van der Waals surface area (Å²) in [6, 6.07) is 0. The molecule has 0 fully saturated rings. The number of rotatable bonds is 2. The molecule has 0 saturated carbocycles. The molecule has 0 spiro atoms. The molecule has 0 aliphatic rings. The standard InChI is InChI=1S/C6H11BN2O2/c1-3-9-5(2)6(4-8-9)7(10)11/h4,10-11H,3H2,1-2H3. The van der Waals surface area contributed by atoms with Gasteiger partial charge >= 0.3 is 7.12 Å². The zero-order valence-corrected chi connectivity index (χ0v) is 6.65. The van der Waals surface area contributed by atoms with Crippen molar-refractivity contribution >= 4 is 12.6 Å². The SMILES string of the molecule is CCn1ncc(B(O)O)c1C. The summed E-state index contributed by atoms with van der Waals surface area (Å²) in [5, 5.41) is 21.6. The molecule has 1 aromatic heterocycles. The Balaban J connectivity index is 3.00. The van der Waals surface area contributed by atoms with Crippen LogP contribution in [0.4, 0.5) is 0 Å². The van der Waals surface area contributed by atoms with Crippen molar-refractivity contribution in [2.75, 3.05) is 0 Å². The van der Waals surface area contributed by atoms with Crippen LogP contribution in [-0.4, -0.2) is 26.9 Å². The second-order valence-electron chi connectivity index (χ2n) is 2.37. The molecule has 11 heavy (non-hydrogen) atoms. The molecule has 0 aliphatic heterocycles. The molecule has 0 unspecified atom stereocenters. The van der Waals surface area contributed by atoms with Crippen molar-refractivity contribution in [3.05, 3.63) is 11.9 Å². The highest BCUT2D eigenvalue weighted by Gasteiger charge is 2.16. The van der Waals surface area contributed by atoms with E-state index in [1.807, 2.05) is 13.8 Å². The van der Waals surface area contributed by atoms with Gasteiger partial charge in [0.2, 0.25) is 0 Å². The maximum Gasteiger partial charge on any atom is 0.491 e. The van der Waals surface area contributed by atoms with Crippen molar-refractivity contribution in [3.8, 4) is 0 Å². The number of aromatic nitrogens is 2. The van der Waals surface area contributed by atoms with Gasteiger partial charge in [0.25, 0.3) is 0 Å². The first-order valence-corrected chi connectivity index (χ1v) is 3.55. The molecule has 4 nitrogen and oxygen atoms in total. The lowest BCUT2D eigenvalue weighted by Crippen LogP contribution is -2.31. The second-order valence-corrected chi connectivity index (χ2v) is 2.37. The van der Waals surface area contributed by atoms with Crippen LogP contribution in [0.5, 0.6) is 0 Å². The van der Waals surface area contributed by atoms with Gasteiger partial charge in [-0.1, -0.05) is 0 Å². The summed E-state index contributed by atoms with van der Waals surface area (Å²) in [5.41, 5.74) is 1.29. The van der Waals surface area contributed by atoms with E-state index < -0.39 is 7.12 Å². The molecule has 1 heterocycles. The normalized spacial score (nSPS) is 10.2. The Labute approximate surface area is 65.6 Å². The Morgan fingerprint density at radius 3 is 2.55 bits per heavy atom. The van der Waals surface area contributed by atoms with Gasteiger partial charge in [0.05, 0.1) is 0 Å². The third kappa shape index (κ3) is 1.44. The molecule has 1 rings (SSSR count). The van der Waals surface area contributed by atoms with Gasteiger partial charge in [-0.05, 0) is 13.8 Å². The van der Waals surface area contributed by atoms with Gasteiger partial charge in [-0.25, -0.2) is 0 Å². The second kappa shape index (κ2) is 3.06. The van der Waals surface area contributed by atoms with E-state index in [0.717, 1.165) is 12.2 Å². The number of nitrogens with zero attached hydrogens (tertiary/aromatic N) is 2. The molecule has 0 saturated heterocycles. The molecule has 0 bridgehead atoms. The molecule has 5 heteroatoms. The van der Waals surface area contributed by atoms with Crippen LogP contribution in [0, 0.1) is 6.92 Å². The van der Waals surface area contributed by atoms with E-state index in [1.165, 1.54) is 6.20 Å². The Kier molecular flexibility index (Phi) is 2.31. The molecule has 0 aromatic carbocycles. The highest BCUT2D eigenvalue weighted by atomic mass is 16.4. The molecule has 0 aliphatic carbocycles. The van der Waals surface area contributed by atoms with Crippen LogP contribution in [0.3, 0.4) is 0 Å². The molecular weight excluding hydrogens is 143 g/mol. The maximum atomic E-state index is 8.82. The Morgan fingerprint density at radius 2 is 2.27 bits per heavy atom. The molecule has 0 amide bonds. The van der Waals surface area contributed by atoms with Gasteiger partial charge in [-0.3, -0.25) is 4.68 Å². The number of hydrogen-bond acceptors (Lipinski definition) is 3. The van der Waals surface area contributed by atoms with Crippen LogP contribution in [0.1, 0.15) is 12.6 Å². The van der Waals surface area contributed by atoms with E-state index in [1.54, 1.807) is 4.68 Å². The van der Waals surface area contributed by atoms with Gasteiger partial charge in [-0.15, -0.1) is 0 Å². The van der Waals surface area contributed by atoms with Gasteiger partial charge in [0, 0.05) is 23.9 Å². The van der Waals surface area contributed by atoms with Crippen LogP contribution in [0.2, 0.25) is 0 Å². The lowest BCUT2D eigenvalue weighted by atomic mass is 9.81. The fourth-order valence-electron chi connectivity index (χ4n) is 1.03. The average Bonchev–Trinajstić information content (AvgIpc) is 2.30. The molecular formula is C6H11BN2O2. The fraction of sp³-hybridized carbons (Fsp3) is 0.500. The summed E-state index contributed by atoms with van der Waals surface area (Å²) < 4.78 is 1.72. The lowest BCUT2D eigenvalue weighted by Gasteiger charge is -2.00. The Bertz CT molecular complexity index is 247. The van der Waals surface area contributed by atoms with Crippen LogP contribution in [-0.2, 0) is 6.54 Å². The summed E-state index contributed by atoms with van der Waals surface area (Å²) in [6.07, 6.45) is 1.48. The molecule has 0 atom stereocenters. The quantitative estimate of drug-likeness (QED) is 0.531. The van der Waals surface area contributed by atoms with Crippen molar-refractivity contribution in [1.29, 1.82) is 0 Å². The summed E-state index contributed by atoms with van der Waals surface area (Å²) in [7, 11) is -1.41. The van der Waals surface area contributed by atoms with E-state index in [-0.39, 0.29) is 0 Å². The van der Waals surface area contributed by atoms with Crippen molar-refractivity contribution in [3.63, 3.8) is 0 Å². The fourth-order valence-corrected chi connectivity index (χ4v) is 1.03. The van der Waals surface area contributed by atoms with Gasteiger partial charge < -0.3 is 10.0 Å². The zero-order chi connectivity index (χ0) is 8.43. The summed E-state index contributed by atoms with van der Waals surface area (Å²) in [4.78, 5) is 0. The average molecular weight is 154 g/mol. The van der Waals surface area contributed by atoms with Crippen LogP contribution < -0.4 is 5.46 Å². The van der Waals surface area contributed by atoms with E-state index in [9.17, 15) is 0 Å². The van der Waals surface area contributed by atoms with Crippen LogP contribution >= 0.6 is 0 Å². The van der Waals surface area contributed by atoms with E-state index in [0.29, 0.717) is 5.46 Å². The molecule has 60 valence electrons. The predicted octanol–water partition coefficient (Wildman–Crippen LogP) is -1.11. The van der Waals surface area contributed by atoms with E-state index in [4.69, 9.17) is 10.0 Å². The Morgan fingerprint density at radius 1 is 1.64 bits per heavy atom. The highest BCUT2D eigenvalue weighted by molar-refractivity contribution is 6.59. The van der Waals surface area contributed by atoms with Crippen molar-refractivity contribution in [2.24, 2.45) is 0 Å². The van der Waals surface area contributed by atoms with E-state index in [2.05, 4.69) is 5.10 Å². The van der Waals surface area contributed by atoms with E-state index >= 15 is 0 Å². The maximum absolute atomic E-state index is 8.82. The largest absolute Gasteiger partial charge is 0.491 e. The minimum Gasteiger partial charge on any atom is -0.423 e. The summed E-state index contributed by atoms with van der Waals surface area (Å²) >= 11 is 0. The monoisotopic (exact) mass is 154 g/mol. The molecule has 1 aromatic rings. The Hall–Kier alpha value is -0.805. The summed E-state index contributed by atoms with van der Waals surface area (Å²) in [6.45, 7) is 4.51. The lowest BCUT2D eigenvalue weighted by molar-refractivity contribution is 0.425. The smallest absolute Gasteiger partial charge is 0.423 e. The summed E-state index contributed by atoms with van der Waals surface area (Å²) in [5.74, 6) is 0.